The van der Waals surface area contributed by atoms with Gasteiger partial charge in [0.2, 0.25) is 0 Å². The van der Waals surface area contributed by atoms with E-state index >= 15 is 0 Å². The number of halogens is 1. The molecule has 0 N–H and O–H groups in total. The second-order valence-electron chi connectivity index (χ2n) is 3.72. The van der Waals surface area contributed by atoms with Crippen LogP contribution >= 0.6 is 11.6 Å². The Bertz CT molecular complexity index is 561. The Balaban J connectivity index is 1.96. The maximum absolute atomic E-state index is 8.57. The molecule has 0 aliphatic carbocycles. The van der Waals surface area contributed by atoms with Gasteiger partial charge in [-0.3, -0.25) is 0 Å². The van der Waals surface area contributed by atoms with Crippen LogP contribution in [-0.2, 0) is 13.0 Å². The third kappa shape index (κ3) is 3.47. The highest BCUT2D eigenvalue weighted by atomic mass is 35.5. The number of rotatable bonds is 4. The summed E-state index contributed by atoms with van der Waals surface area (Å²) in [5.41, 5.74) is 1.76. The lowest BCUT2D eigenvalue weighted by Gasteiger charge is -2.06. The molecule has 0 amide bonds. The molecule has 18 heavy (non-hydrogen) atoms. The summed E-state index contributed by atoms with van der Waals surface area (Å²) in [6, 6.07) is 15.0. The average Bonchev–Trinajstić information content (AvgIpc) is 2.38. The van der Waals surface area contributed by atoms with E-state index in [1.165, 1.54) is 0 Å². The van der Waals surface area contributed by atoms with E-state index in [-0.39, 0.29) is 0 Å². The largest absolute Gasteiger partial charge is 0.487 e. The zero-order valence-electron chi connectivity index (χ0n) is 9.64. The summed E-state index contributed by atoms with van der Waals surface area (Å²) in [5.74, 6) is 0.749. The van der Waals surface area contributed by atoms with Gasteiger partial charge in [0, 0.05) is 0 Å². The van der Waals surface area contributed by atoms with Crippen LogP contribution in [-0.4, -0.2) is 4.98 Å². The van der Waals surface area contributed by atoms with Crippen LogP contribution in [0.3, 0.4) is 0 Å². The fourth-order valence-corrected chi connectivity index (χ4v) is 1.66. The lowest BCUT2D eigenvalue weighted by molar-refractivity contribution is 0.301. The SMILES string of the molecule is N#CCc1ccc(OCc2cccc(Cl)n2)cc1. The van der Waals surface area contributed by atoms with Crippen molar-refractivity contribution in [3.05, 3.63) is 58.9 Å². The molecular weight excluding hydrogens is 248 g/mol. The molecule has 0 saturated carbocycles. The molecule has 0 fully saturated rings. The van der Waals surface area contributed by atoms with Gasteiger partial charge in [-0.2, -0.15) is 5.26 Å². The zero-order valence-corrected chi connectivity index (χ0v) is 10.4. The van der Waals surface area contributed by atoms with Gasteiger partial charge in [-0.1, -0.05) is 29.8 Å². The predicted molar refractivity (Wildman–Crippen MR) is 69.3 cm³/mol. The monoisotopic (exact) mass is 258 g/mol. The fourth-order valence-electron chi connectivity index (χ4n) is 1.48. The summed E-state index contributed by atoms with van der Waals surface area (Å²) in [5, 5.41) is 9.02. The van der Waals surface area contributed by atoms with Gasteiger partial charge in [0.25, 0.3) is 0 Å². The first-order valence-electron chi connectivity index (χ1n) is 5.48. The second-order valence-corrected chi connectivity index (χ2v) is 4.11. The van der Waals surface area contributed by atoms with E-state index in [9.17, 15) is 0 Å². The van der Waals surface area contributed by atoms with Gasteiger partial charge in [0.1, 0.15) is 17.5 Å². The fraction of sp³-hybridized carbons (Fsp3) is 0.143. The molecule has 0 saturated heterocycles. The molecule has 4 heteroatoms. The normalized spacial score (nSPS) is 9.78. The van der Waals surface area contributed by atoms with E-state index in [4.69, 9.17) is 21.6 Å². The Hall–Kier alpha value is -2.05. The number of benzene rings is 1. The van der Waals surface area contributed by atoms with Crippen molar-refractivity contribution < 1.29 is 4.74 Å². The molecule has 2 aromatic rings. The summed E-state index contributed by atoms with van der Waals surface area (Å²) >= 11 is 5.78. The minimum absolute atomic E-state index is 0.373. The van der Waals surface area contributed by atoms with Gasteiger partial charge in [0.15, 0.2) is 0 Å². The van der Waals surface area contributed by atoms with E-state index in [0.29, 0.717) is 18.2 Å². The first-order valence-corrected chi connectivity index (χ1v) is 5.86. The summed E-state index contributed by atoms with van der Waals surface area (Å²) in [4.78, 5) is 4.13. The van der Waals surface area contributed by atoms with Crippen molar-refractivity contribution in [2.75, 3.05) is 0 Å². The first-order chi connectivity index (χ1) is 8.78. The number of pyridine rings is 1. The lowest BCUT2D eigenvalue weighted by Crippen LogP contribution is -1.98. The molecule has 0 atom stereocenters. The smallest absolute Gasteiger partial charge is 0.130 e. The van der Waals surface area contributed by atoms with Crippen molar-refractivity contribution >= 4 is 11.6 Å². The summed E-state index contributed by atoms with van der Waals surface area (Å²) in [6.07, 6.45) is 0.413. The van der Waals surface area contributed by atoms with Crippen LogP contribution in [0.5, 0.6) is 5.75 Å². The van der Waals surface area contributed by atoms with Gasteiger partial charge in [-0.25, -0.2) is 4.98 Å². The molecule has 1 heterocycles. The maximum Gasteiger partial charge on any atom is 0.130 e. The number of ether oxygens (including phenoxy) is 1. The Morgan fingerprint density at radius 1 is 1.17 bits per heavy atom. The number of hydrogen-bond acceptors (Lipinski definition) is 3. The van der Waals surface area contributed by atoms with Crippen molar-refractivity contribution in [3.8, 4) is 11.8 Å². The van der Waals surface area contributed by atoms with E-state index in [1.54, 1.807) is 6.07 Å². The molecule has 90 valence electrons. The number of nitriles is 1. The van der Waals surface area contributed by atoms with Crippen LogP contribution in [0.2, 0.25) is 5.15 Å². The third-order valence-electron chi connectivity index (χ3n) is 2.37. The quantitative estimate of drug-likeness (QED) is 0.790. The van der Waals surface area contributed by atoms with Crippen LogP contribution in [0, 0.1) is 11.3 Å². The number of hydrogen-bond donors (Lipinski definition) is 0. The third-order valence-corrected chi connectivity index (χ3v) is 2.58. The standard InChI is InChI=1S/C14H11ClN2O/c15-14-3-1-2-12(17-14)10-18-13-6-4-11(5-7-13)8-9-16/h1-7H,8,10H2. The van der Waals surface area contributed by atoms with E-state index in [2.05, 4.69) is 11.1 Å². The molecule has 0 bridgehead atoms. The molecule has 3 nitrogen and oxygen atoms in total. The van der Waals surface area contributed by atoms with Crippen LogP contribution in [0.1, 0.15) is 11.3 Å². The van der Waals surface area contributed by atoms with Gasteiger partial charge >= 0.3 is 0 Å². The van der Waals surface area contributed by atoms with E-state index < -0.39 is 0 Å². The van der Waals surface area contributed by atoms with Crippen LogP contribution in [0.4, 0.5) is 0 Å². The second kappa shape index (κ2) is 6.04. The molecule has 0 unspecified atom stereocenters. The highest BCUT2D eigenvalue weighted by molar-refractivity contribution is 6.29. The first kappa shape index (κ1) is 12.4. The van der Waals surface area contributed by atoms with Crippen LogP contribution in [0.15, 0.2) is 42.5 Å². The topological polar surface area (TPSA) is 45.9 Å². The highest BCUT2D eigenvalue weighted by Crippen LogP contribution is 2.14. The molecular formula is C14H11ClN2O. The van der Waals surface area contributed by atoms with Crippen LogP contribution < -0.4 is 4.74 Å². The maximum atomic E-state index is 8.57. The number of aromatic nitrogens is 1. The molecule has 0 spiro atoms. The number of nitrogens with zero attached hydrogens (tertiary/aromatic N) is 2. The average molecular weight is 259 g/mol. The van der Waals surface area contributed by atoms with E-state index in [0.717, 1.165) is 17.0 Å². The van der Waals surface area contributed by atoms with Crippen LogP contribution in [0.25, 0.3) is 0 Å². The van der Waals surface area contributed by atoms with Crippen molar-refractivity contribution in [3.63, 3.8) is 0 Å². The summed E-state index contributed by atoms with van der Waals surface area (Å²) in [7, 11) is 0. The molecule has 0 aliphatic heterocycles. The minimum Gasteiger partial charge on any atom is -0.487 e. The molecule has 0 aliphatic rings. The zero-order chi connectivity index (χ0) is 12.8. The van der Waals surface area contributed by atoms with Gasteiger partial charge in [0.05, 0.1) is 18.2 Å². The Morgan fingerprint density at radius 3 is 2.61 bits per heavy atom. The summed E-state index contributed by atoms with van der Waals surface area (Å²) in [6.45, 7) is 0.373. The Morgan fingerprint density at radius 2 is 1.94 bits per heavy atom. The van der Waals surface area contributed by atoms with Gasteiger partial charge < -0.3 is 4.74 Å². The molecule has 2 rings (SSSR count). The minimum atomic E-state index is 0.373. The lowest BCUT2D eigenvalue weighted by atomic mass is 10.2. The van der Waals surface area contributed by atoms with Gasteiger partial charge in [-0.05, 0) is 29.8 Å². The van der Waals surface area contributed by atoms with Crippen molar-refractivity contribution in [1.82, 2.24) is 4.98 Å². The van der Waals surface area contributed by atoms with Crippen molar-refractivity contribution in [2.45, 2.75) is 13.0 Å². The molecule has 1 aromatic carbocycles. The van der Waals surface area contributed by atoms with Gasteiger partial charge in [-0.15, -0.1) is 0 Å². The molecule has 1 aromatic heterocycles. The Labute approximate surface area is 111 Å². The predicted octanol–water partition coefficient (Wildman–Crippen LogP) is 3.38. The van der Waals surface area contributed by atoms with E-state index in [1.807, 2.05) is 36.4 Å². The Kier molecular flexibility index (Phi) is 4.16. The van der Waals surface area contributed by atoms with Crippen molar-refractivity contribution in [1.29, 1.82) is 5.26 Å². The van der Waals surface area contributed by atoms with Crippen molar-refractivity contribution in [2.24, 2.45) is 0 Å². The highest BCUT2D eigenvalue weighted by Gasteiger charge is 1.99. The molecule has 0 radical (unpaired) electrons. The summed E-state index contributed by atoms with van der Waals surface area (Å²) < 4.78 is 5.58.